The van der Waals surface area contributed by atoms with Crippen molar-refractivity contribution in [3.05, 3.63) is 23.4 Å². The fourth-order valence-corrected chi connectivity index (χ4v) is 1.07. The van der Waals surface area contributed by atoms with Crippen LogP contribution < -0.4 is 4.74 Å². The van der Waals surface area contributed by atoms with E-state index in [1.54, 1.807) is 0 Å². The molecule has 7 heteroatoms. The van der Waals surface area contributed by atoms with E-state index in [9.17, 15) is 18.0 Å². The molecule has 1 aromatic heterocycles. The summed E-state index contributed by atoms with van der Waals surface area (Å²) in [6, 6.07) is 0.765. The summed E-state index contributed by atoms with van der Waals surface area (Å²) in [4.78, 5) is 13.7. The predicted octanol–water partition coefficient (Wildman–Crippen LogP) is 1.94. The normalized spacial score (nSPS) is 10.4. The van der Waals surface area contributed by atoms with Crippen molar-refractivity contribution in [1.82, 2.24) is 4.98 Å². The van der Waals surface area contributed by atoms with E-state index in [-0.39, 0.29) is 11.4 Å². The second kappa shape index (κ2) is 5.40. The van der Waals surface area contributed by atoms with E-state index in [1.807, 2.05) is 0 Å². The molecule has 4 nitrogen and oxygen atoms in total. The van der Waals surface area contributed by atoms with E-state index < -0.39 is 24.1 Å². The number of halogens is 3. The number of pyridine rings is 1. The van der Waals surface area contributed by atoms with Gasteiger partial charge in [0.2, 0.25) is 5.88 Å². The molecule has 0 saturated carbocycles. The first-order valence-electron chi connectivity index (χ1n) is 4.66. The third-order valence-corrected chi connectivity index (χ3v) is 1.83. The van der Waals surface area contributed by atoms with Crippen molar-refractivity contribution in [2.75, 3.05) is 7.11 Å². The van der Waals surface area contributed by atoms with Crippen LogP contribution in [-0.2, 0) is 11.0 Å². The number of carboxylic acids is 1. The Hall–Kier alpha value is -2.23. The van der Waals surface area contributed by atoms with Crippen molar-refractivity contribution >= 4 is 5.97 Å². The Morgan fingerprint density at radius 1 is 1.56 bits per heavy atom. The average Bonchev–Trinajstić information content (AvgIpc) is 2.27. The van der Waals surface area contributed by atoms with Gasteiger partial charge < -0.3 is 9.84 Å². The van der Waals surface area contributed by atoms with Crippen molar-refractivity contribution in [3.8, 4) is 17.7 Å². The highest BCUT2D eigenvalue weighted by molar-refractivity contribution is 5.70. The second-order valence-electron chi connectivity index (χ2n) is 3.15. The Bertz CT molecular complexity index is 514. The molecule has 1 heterocycles. The van der Waals surface area contributed by atoms with E-state index in [1.165, 1.54) is 7.11 Å². The minimum atomic E-state index is -4.54. The maximum absolute atomic E-state index is 12.4. The Morgan fingerprint density at radius 2 is 2.22 bits per heavy atom. The molecule has 0 amide bonds. The highest BCUT2D eigenvalue weighted by atomic mass is 19.4. The van der Waals surface area contributed by atoms with Crippen LogP contribution in [0.4, 0.5) is 13.2 Å². The van der Waals surface area contributed by atoms with Gasteiger partial charge in [0.15, 0.2) is 0 Å². The fourth-order valence-electron chi connectivity index (χ4n) is 1.07. The lowest BCUT2D eigenvalue weighted by atomic mass is 10.2. The van der Waals surface area contributed by atoms with E-state index in [2.05, 4.69) is 16.8 Å². The molecular weight excluding hydrogens is 251 g/mol. The molecule has 0 radical (unpaired) electrons. The lowest BCUT2D eigenvalue weighted by Crippen LogP contribution is -2.07. The lowest BCUT2D eigenvalue weighted by Gasteiger charge is -2.08. The number of hydrogen-bond donors (Lipinski definition) is 1. The zero-order valence-corrected chi connectivity index (χ0v) is 9.21. The van der Waals surface area contributed by atoms with Gasteiger partial charge in [0, 0.05) is 6.20 Å². The van der Waals surface area contributed by atoms with Crippen LogP contribution in [-0.4, -0.2) is 23.2 Å². The summed E-state index contributed by atoms with van der Waals surface area (Å²) in [5.41, 5.74) is -1.07. The smallest absolute Gasteiger partial charge is 0.417 e. The fraction of sp³-hybridized carbons (Fsp3) is 0.273. The summed E-state index contributed by atoms with van der Waals surface area (Å²) in [6.45, 7) is 0. The number of nitrogens with zero attached hydrogens (tertiary/aromatic N) is 1. The molecule has 1 aromatic rings. The number of hydrogen-bond acceptors (Lipinski definition) is 3. The lowest BCUT2D eigenvalue weighted by molar-refractivity contribution is -0.138. The van der Waals surface area contributed by atoms with Crippen LogP contribution in [0.25, 0.3) is 0 Å². The van der Waals surface area contributed by atoms with Gasteiger partial charge in [0.05, 0.1) is 18.2 Å². The standard InChI is InChI=1S/C11H8F3NO3/c1-18-10-7(3-2-4-9(16)17)5-8(6-15-10)11(12,13)14/h5-6H,4H2,1H3,(H,16,17). The number of aromatic nitrogens is 1. The number of carboxylic acid groups (broad SMARTS) is 1. The number of carbonyl (C=O) groups is 1. The zero-order chi connectivity index (χ0) is 13.8. The average molecular weight is 259 g/mol. The van der Waals surface area contributed by atoms with Gasteiger partial charge in [-0.1, -0.05) is 11.8 Å². The first kappa shape index (κ1) is 13.8. The summed E-state index contributed by atoms with van der Waals surface area (Å²) in [5, 5.41) is 8.37. The number of alkyl halides is 3. The largest absolute Gasteiger partial charge is 0.481 e. The molecule has 0 saturated heterocycles. The quantitative estimate of drug-likeness (QED) is 0.824. The Kier molecular flexibility index (Phi) is 4.15. The molecule has 96 valence electrons. The van der Waals surface area contributed by atoms with Gasteiger partial charge in [-0.05, 0) is 6.07 Å². The van der Waals surface area contributed by atoms with Crippen LogP contribution in [0, 0.1) is 11.8 Å². The van der Waals surface area contributed by atoms with Crippen LogP contribution in [0.15, 0.2) is 12.3 Å². The SMILES string of the molecule is COc1ncc(C(F)(F)F)cc1C#CCC(=O)O. The molecular formula is C11H8F3NO3. The number of rotatable bonds is 2. The minimum absolute atomic E-state index is 0.0825. The van der Waals surface area contributed by atoms with Crippen molar-refractivity contribution in [3.63, 3.8) is 0 Å². The Morgan fingerprint density at radius 3 is 2.72 bits per heavy atom. The van der Waals surface area contributed by atoms with Gasteiger partial charge in [-0.15, -0.1) is 0 Å². The van der Waals surface area contributed by atoms with Gasteiger partial charge in [-0.2, -0.15) is 13.2 Å². The van der Waals surface area contributed by atoms with Crippen LogP contribution in [0.3, 0.4) is 0 Å². The summed E-state index contributed by atoms with van der Waals surface area (Å²) >= 11 is 0. The molecule has 0 atom stereocenters. The summed E-state index contributed by atoms with van der Waals surface area (Å²) in [6.07, 6.45) is -4.39. The molecule has 0 bridgehead atoms. The number of ether oxygens (including phenoxy) is 1. The molecule has 0 fully saturated rings. The molecule has 0 aromatic carbocycles. The van der Waals surface area contributed by atoms with Crippen molar-refractivity contribution in [2.24, 2.45) is 0 Å². The van der Waals surface area contributed by atoms with Gasteiger partial charge in [0.25, 0.3) is 0 Å². The highest BCUT2D eigenvalue weighted by Gasteiger charge is 2.31. The van der Waals surface area contributed by atoms with E-state index >= 15 is 0 Å². The third-order valence-electron chi connectivity index (χ3n) is 1.83. The maximum Gasteiger partial charge on any atom is 0.417 e. The molecule has 0 spiro atoms. The first-order chi connectivity index (χ1) is 8.34. The van der Waals surface area contributed by atoms with E-state index in [0.717, 1.165) is 6.07 Å². The van der Waals surface area contributed by atoms with Crippen LogP contribution in [0.1, 0.15) is 17.5 Å². The van der Waals surface area contributed by atoms with Crippen molar-refractivity contribution in [1.29, 1.82) is 0 Å². The molecule has 1 N–H and O–H groups in total. The highest BCUT2D eigenvalue weighted by Crippen LogP contribution is 2.30. The van der Waals surface area contributed by atoms with Crippen LogP contribution in [0.5, 0.6) is 5.88 Å². The van der Waals surface area contributed by atoms with E-state index in [0.29, 0.717) is 6.20 Å². The summed E-state index contributed by atoms with van der Waals surface area (Å²) in [5.74, 6) is 3.26. The van der Waals surface area contributed by atoms with E-state index in [4.69, 9.17) is 9.84 Å². The maximum atomic E-state index is 12.4. The number of aliphatic carboxylic acids is 1. The predicted molar refractivity (Wildman–Crippen MR) is 54.9 cm³/mol. The van der Waals surface area contributed by atoms with Gasteiger partial charge in [-0.25, -0.2) is 4.98 Å². The summed E-state index contributed by atoms with van der Waals surface area (Å²) in [7, 11) is 1.23. The summed E-state index contributed by atoms with van der Waals surface area (Å²) < 4.78 is 42.0. The van der Waals surface area contributed by atoms with Gasteiger partial charge >= 0.3 is 12.1 Å². The zero-order valence-electron chi connectivity index (χ0n) is 9.21. The topological polar surface area (TPSA) is 59.4 Å². The first-order valence-corrected chi connectivity index (χ1v) is 4.66. The van der Waals surface area contributed by atoms with Crippen molar-refractivity contribution in [2.45, 2.75) is 12.6 Å². The molecule has 0 aliphatic rings. The minimum Gasteiger partial charge on any atom is -0.481 e. The molecule has 1 rings (SSSR count). The molecule has 0 aliphatic carbocycles. The molecule has 18 heavy (non-hydrogen) atoms. The molecule has 0 unspecified atom stereocenters. The van der Waals surface area contributed by atoms with Gasteiger partial charge in [-0.3, -0.25) is 4.79 Å². The second-order valence-corrected chi connectivity index (χ2v) is 3.15. The third kappa shape index (κ3) is 3.66. The van der Waals surface area contributed by atoms with Crippen LogP contribution >= 0.6 is 0 Å². The van der Waals surface area contributed by atoms with Crippen LogP contribution in [0.2, 0.25) is 0 Å². The Labute approximate surface area is 100 Å². The monoisotopic (exact) mass is 259 g/mol. The molecule has 0 aliphatic heterocycles. The van der Waals surface area contributed by atoms with Crippen molar-refractivity contribution < 1.29 is 27.8 Å². The number of methoxy groups -OCH3 is 1. The van der Waals surface area contributed by atoms with Gasteiger partial charge in [0.1, 0.15) is 6.42 Å². The Balaban J connectivity index is 3.13.